The van der Waals surface area contributed by atoms with Gasteiger partial charge in [0.05, 0.1) is 6.26 Å². The largest absolute Gasteiger partial charge is 0.383 e. The Morgan fingerprint density at radius 3 is 2.42 bits per heavy atom. The molecule has 1 fully saturated rings. The molecule has 202 valence electrons. The molecule has 0 atom stereocenters. The van der Waals surface area contributed by atoms with Crippen molar-refractivity contribution in [2.24, 2.45) is 5.92 Å². The summed E-state index contributed by atoms with van der Waals surface area (Å²) in [7, 11) is -3.51. The maximum Gasteiger partial charge on any atom is 0.306 e. The van der Waals surface area contributed by atoms with Crippen LogP contribution in [0, 0.1) is 5.92 Å². The van der Waals surface area contributed by atoms with Crippen LogP contribution in [0.5, 0.6) is 5.75 Å². The van der Waals surface area contributed by atoms with Gasteiger partial charge in [0, 0.05) is 42.8 Å². The number of hydrogen-bond acceptors (Lipinski definition) is 5. The van der Waals surface area contributed by atoms with Gasteiger partial charge in [-0.2, -0.15) is 8.42 Å². The van der Waals surface area contributed by atoms with Crippen molar-refractivity contribution in [3.8, 4) is 11.4 Å². The van der Waals surface area contributed by atoms with Crippen LogP contribution in [0.15, 0.2) is 67.0 Å². The lowest BCUT2D eigenvalue weighted by Crippen LogP contribution is -2.38. The molecule has 3 aromatic rings. The number of nitrogens with one attached hydrogen (secondary N) is 1. The summed E-state index contributed by atoms with van der Waals surface area (Å²) in [4.78, 5) is 15.4. The van der Waals surface area contributed by atoms with Crippen LogP contribution in [-0.4, -0.2) is 55.7 Å². The molecule has 1 aliphatic carbocycles. The van der Waals surface area contributed by atoms with Gasteiger partial charge in [0.1, 0.15) is 5.75 Å². The maximum absolute atomic E-state index is 12.9. The van der Waals surface area contributed by atoms with E-state index in [1.165, 1.54) is 17.5 Å². The van der Waals surface area contributed by atoms with Crippen LogP contribution >= 0.6 is 0 Å². The van der Waals surface area contributed by atoms with Gasteiger partial charge < -0.3 is 19.0 Å². The highest BCUT2D eigenvalue weighted by molar-refractivity contribution is 7.86. The van der Waals surface area contributed by atoms with Crippen LogP contribution in [0.3, 0.4) is 0 Å². The average molecular weight is 536 g/mol. The number of hydrogen-bond donors (Lipinski definition) is 1. The first-order valence-corrected chi connectivity index (χ1v) is 15.4. The molecule has 1 N–H and O–H groups in total. The van der Waals surface area contributed by atoms with Crippen molar-refractivity contribution < 1.29 is 17.4 Å². The second-order valence-electron chi connectivity index (χ2n) is 10.7. The Hall–Kier alpha value is -3.10. The van der Waals surface area contributed by atoms with Crippen LogP contribution < -0.4 is 9.50 Å². The number of carbonyl (C=O) groups excluding carboxylic acids is 1. The molecule has 7 nitrogen and oxygen atoms in total. The molecule has 0 bridgehead atoms. The van der Waals surface area contributed by atoms with E-state index in [1.807, 2.05) is 65.5 Å². The molecule has 5 rings (SSSR count). The SMILES string of the molecule is CS(=O)(=O)Oc1ccc2c(c1)CCN(CCC1CCC(NC(=O)c3cccc(-n4cccc4)c3)CC1)CC2. The predicted molar refractivity (Wildman–Crippen MR) is 149 cm³/mol. The van der Waals surface area contributed by atoms with E-state index in [2.05, 4.69) is 10.2 Å². The van der Waals surface area contributed by atoms with Crippen molar-refractivity contribution in [1.82, 2.24) is 14.8 Å². The van der Waals surface area contributed by atoms with Gasteiger partial charge >= 0.3 is 10.1 Å². The summed E-state index contributed by atoms with van der Waals surface area (Å²) in [5.41, 5.74) is 4.16. The van der Waals surface area contributed by atoms with Crippen molar-refractivity contribution in [1.29, 1.82) is 0 Å². The molecule has 0 unspecified atom stereocenters. The number of aromatic nitrogens is 1. The van der Waals surface area contributed by atoms with Gasteiger partial charge in [-0.25, -0.2) is 0 Å². The van der Waals surface area contributed by atoms with Crippen molar-refractivity contribution in [2.45, 2.75) is 51.0 Å². The Bertz CT molecular complexity index is 1350. The zero-order valence-electron chi connectivity index (χ0n) is 22.0. The van der Waals surface area contributed by atoms with Crippen LogP contribution in [0.4, 0.5) is 0 Å². The predicted octanol–water partition coefficient (Wildman–Crippen LogP) is 4.60. The Balaban J connectivity index is 1.06. The molecule has 38 heavy (non-hydrogen) atoms. The summed E-state index contributed by atoms with van der Waals surface area (Å²) in [6.07, 6.45) is 12.4. The van der Waals surface area contributed by atoms with Crippen LogP contribution in [-0.2, 0) is 23.0 Å². The van der Waals surface area contributed by atoms with Gasteiger partial charge in [-0.05, 0) is 111 Å². The molecule has 2 aliphatic rings. The smallest absolute Gasteiger partial charge is 0.306 e. The Morgan fingerprint density at radius 2 is 1.68 bits per heavy atom. The molecular weight excluding hydrogens is 498 g/mol. The number of nitrogens with zero attached hydrogens (tertiary/aromatic N) is 2. The lowest BCUT2D eigenvalue weighted by molar-refractivity contribution is 0.0920. The number of benzene rings is 2. The Labute approximate surface area is 225 Å². The minimum absolute atomic E-state index is 0.0108. The summed E-state index contributed by atoms with van der Waals surface area (Å²) in [6.45, 7) is 3.07. The number of carbonyl (C=O) groups is 1. The fourth-order valence-corrected chi connectivity index (χ4v) is 6.20. The van der Waals surface area contributed by atoms with Gasteiger partial charge in [-0.3, -0.25) is 4.79 Å². The number of amides is 1. The molecule has 8 heteroatoms. The third-order valence-corrected chi connectivity index (χ3v) is 8.36. The molecule has 1 aromatic heterocycles. The maximum atomic E-state index is 12.9. The van der Waals surface area contributed by atoms with Gasteiger partial charge in [0.15, 0.2) is 0 Å². The lowest BCUT2D eigenvalue weighted by atomic mass is 9.84. The van der Waals surface area contributed by atoms with Gasteiger partial charge in [0.25, 0.3) is 5.91 Å². The number of fused-ring (bicyclic) bond motifs is 1. The Kier molecular flexibility index (Phi) is 8.19. The molecular formula is C30H37N3O4S. The molecule has 0 radical (unpaired) electrons. The minimum atomic E-state index is -3.51. The fourth-order valence-electron chi connectivity index (χ4n) is 5.74. The van der Waals surface area contributed by atoms with Crippen molar-refractivity contribution in [2.75, 3.05) is 25.9 Å². The average Bonchev–Trinajstić information content (AvgIpc) is 3.37. The van der Waals surface area contributed by atoms with Gasteiger partial charge in [0.2, 0.25) is 0 Å². The second kappa shape index (κ2) is 11.7. The molecule has 1 amide bonds. The van der Waals surface area contributed by atoms with Crippen molar-refractivity contribution in [3.05, 3.63) is 83.7 Å². The van der Waals surface area contributed by atoms with E-state index < -0.39 is 10.1 Å². The van der Waals surface area contributed by atoms with Crippen LogP contribution in [0.1, 0.15) is 53.6 Å². The standard InChI is InChI=1S/C30H37N3O4S/c1-38(35,36)37-29-12-9-24-14-19-32(20-15-25(24)22-29)18-13-23-7-10-27(11-8-23)31-30(34)26-5-4-6-28(21-26)33-16-2-3-17-33/h2-6,9,12,16-17,21-23,27H,7-8,10-11,13-15,18-20H2,1H3,(H,31,34). The summed E-state index contributed by atoms with van der Waals surface area (Å²) < 4.78 is 30.0. The molecule has 0 spiro atoms. The summed E-state index contributed by atoms with van der Waals surface area (Å²) in [5.74, 6) is 1.11. The van der Waals surface area contributed by atoms with E-state index >= 15 is 0 Å². The third-order valence-electron chi connectivity index (χ3n) is 7.87. The van der Waals surface area contributed by atoms with E-state index in [0.29, 0.717) is 17.2 Å². The third kappa shape index (κ3) is 7.05. The zero-order valence-corrected chi connectivity index (χ0v) is 22.8. The normalized spacial score (nSPS) is 20.3. The molecule has 1 saturated carbocycles. The van der Waals surface area contributed by atoms with Crippen molar-refractivity contribution in [3.63, 3.8) is 0 Å². The van der Waals surface area contributed by atoms with E-state index in [0.717, 1.165) is 70.1 Å². The second-order valence-corrected chi connectivity index (χ2v) is 12.3. The summed E-state index contributed by atoms with van der Waals surface area (Å²) >= 11 is 0. The first-order chi connectivity index (χ1) is 18.3. The lowest BCUT2D eigenvalue weighted by Gasteiger charge is -2.30. The summed E-state index contributed by atoms with van der Waals surface area (Å²) in [5, 5.41) is 3.26. The van der Waals surface area contributed by atoms with Crippen LogP contribution in [0.25, 0.3) is 5.69 Å². The first kappa shape index (κ1) is 26.5. The minimum Gasteiger partial charge on any atom is -0.383 e. The first-order valence-electron chi connectivity index (χ1n) is 13.6. The quantitative estimate of drug-likeness (QED) is 0.427. The van der Waals surface area contributed by atoms with E-state index in [9.17, 15) is 13.2 Å². The Morgan fingerprint density at radius 1 is 0.947 bits per heavy atom. The fraction of sp³-hybridized carbons (Fsp3) is 0.433. The van der Waals surface area contributed by atoms with Crippen molar-refractivity contribution >= 4 is 16.0 Å². The van der Waals surface area contributed by atoms with Gasteiger partial charge in [-0.1, -0.05) is 12.1 Å². The summed E-state index contributed by atoms with van der Waals surface area (Å²) in [6, 6.07) is 17.6. The number of rotatable bonds is 8. The zero-order chi connectivity index (χ0) is 26.5. The molecule has 2 heterocycles. The van der Waals surface area contributed by atoms with E-state index in [1.54, 1.807) is 6.07 Å². The monoisotopic (exact) mass is 535 g/mol. The molecule has 0 saturated heterocycles. The van der Waals surface area contributed by atoms with Gasteiger partial charge in [-0.15, -0.1) is 0 Å². The highest BCUT2D eigenvalue weighted by Gasteiger charge is 2.24. The highest BCUT2D eigenvalue weighted by atomic mass is 32.2. The van der Waals surface area contributed by atoms with Crippen LogP contribution in [0.2, 0.25) is 0 Å². The van der Waals surface area contributed by atoms with E-state index in [-0.39, 0.29) is 11.9 Å². The highest BCUT2D eigenvalue weighted by Crippen LogP contribution is 2.28. The topological polar surface area (TPSA) is 80.6 Å². The molecule has 2 aromatic carbocycles. The van der Waals surface area contributed by atoms with E-state index in [4.69, 9.17) is 4.18 Å². The molecule has 1 aliphatic heterocycles.